The third-order valence-electron chi connectivity index (χ3n) is 4.28. The molecule has 2 fully saturated rings. The molecule has 0 aromatic heterocycles. The first-order chi connectivity index (χ1) is 11.7. The topological polar surface area (TPSA) is 75.2 Å². The van der Waals surface area contributed by atoms with Crippen LogP contribution in [-0.2, 0) is 9.47 Å². The maximum Gasteiger partial charge on any atom is 0.410 e. The molecule has 0 saturated carbocycles. The summed E-state index contributed by atoms with van der Waals surface area (Å²) < 4.78 is 10.8. The Morgan fingerprint density at radius 2 is 2.08 bits per heavy atom. The lowest BCUT2D eigenvalue weighted by molar-refractivity contribution is -0.0945. The zero-order chi connectivity index (χ0) is 18.5. The first kappa shape index (κ1) is 23.3. The highest BCUT2D eigenvalue weighted by molar-refractivity contribution is 14.0. The largest absolute Gasteiger partial charge is 0.444 e. The summed E-state index contributed by atoms with van der Waals surface area (Å²) in [5.41, 5.74) is -0.314. The minimum Gasteiger partial charge on any atom is -0.444 e. The molecule has 2 heterocycles. The zero-order valence-corrected chi connectivity index (χ0v) is 19.1. The quantitative estimate of drug-likeness (QED) is 0.366. The first-order valence-electron chi connectivity index (χ1n) is 9.31. The summed E-state index contributed by atoms with van der Waals surface area (Å²) in [4.78, 5) is 18.8. The molecule has 0 aliphatic carbocycles. The van der Waals surface area contributed by atoms with Crippen LogP contribution in [0.3, 0.4) is 0 Å². The molecule has 26 heavy (non-hydrogen) atoms. The molecular weight excluding hydrogens is 447 g/mol. The number of piperidine rings is 1. The molecule has 2 rings (SSSR count). The highest BCUT2D eigenvalue weighted by atomic mass is 127. The standard InChI is InChI=1S/C18H34N4O3.HI/c1-6-19-15(20-11-18(5)12-24-13-18)21-14-8-7-9-22(10-14)16(23)25-17(2,3)4;/h14H,6-13H2,1-5H3,(H2,19,20,21);1H. The van der Waals surface area contributed by atoms with Crippen LogP contribution in [0.4, 0.5) is 4.79 Å². The Balaban J connectivity index is 0.00000338. The van der Waals surface area contributed by atoms with E-state index in [4.69, 9.17) is 14.5 Å². The number of ether oxygens (including phenoxy) is 2. The second kappa shape index (κ2) is 9.96. The van der Waals surface area contributed by atoms with Crippen molar-refractivity contribution >= 4 is 36.0 Å². The fourth-order valence-corrected chi connectivity index (χ4v) is 2.91. The lowest BCUT2D eigenvalue weighted by Gasteiger charge is -2.37. The van der Waals surface area contributed by atoms with Gasteiger partial charge in [0.2, 0.25) is 0 Å². The third-order valence-corrected chi connectivity index (χ3v) is 4.28. The number of hydrogen-bond acceptors (Lipinski definition) is 4. The molecule has 7 nitrogen and oxygen atoms in total. The maximum atomic E-state index is 12.3. The van der Waals surface area contributed by atoms with Gasteiger partial charge >= 0.3 is 6.09 Å². The lowest BCUT2D eigenvalue weighted by Crippen LogP contribution is -2.53. The van der Waals surface area contributed by atoms with Gasteiger partial charge in [-0.25, -0.2) is 4.79 Å². The van der Waals surface area contributed by atoms with Crippen LogP contribution >= 0.6 is 24.0 Å². The average molecular weight is 482 g/mol. The summed E-state index contributed by atoms with van der Waals surface area (Å²) in [7, 11) is 0. The lowest BCUT2D eigenvalue weighted by atomic mass is 9.89. The predicted octanol–water partition coefficient (Wildman–Crippen LogP) is 2.60. The molecule has 152 valence electrons. The number of nitrogens with one attached hydrogen (secondary N) is 2. The predicted molar refractivity (Wildman–Crippen MR) is 114 cm³/mol. The number of nitrogens with zero attached hydrogens (tertiary/aromatic N) is 2. The van der Waals surface area contributed by atoms with Crippen LogP contribution in [0.1, 0.15) is 47.5 Å². The van der Waals surface area contributed by atoms with E-state index >= 15 is 0 Å². The van der Waals surface area contributed by atoms with Crippen LogP contribution in [0.2, 0.25) is 0 Å². The Hall–Kier alpha value is -0.770. The van der Waals surface area contributed by atoms with Crippen LogP contribution in [0, 0.1) is 5.41 Å². The number of carbonyl (C=O) groups excluding carboxylic acids is 1. The summed E-state index contributed by atoms with van der Waals surface area (Å²) in [5, 5.41) is 6.77. The molecule has 1 atom stereocenters. The molecule has 2 aliphatic rings. The van der Waals surface area contributed by atoms with Crippen molar-refractivity contribution in [2.45, 2.75) is 59.1 Å². The van der Waals surface area contributed by atoms with E-state index in [9.17, 15) is 4.79 Å². The van der Waals surface area contributed by atoms with Gasteiger partial charge in [-0.3, -0.25) is 4.99 Å². The second-order valence-corrected chi connectivity index (χ2v) is 8.41. The Morgan fingerprint density at radius 1 is 1.38 bits per heavy atom. The molecule has 1 amide bonds. The first-order valence-corrected chi connectivity index (χ1v) is 9.31. The molecule has 8 heteroatoms. The van der Waals surface area contributed by atoms with Gasteiger partial charge in [-0.2, -0.15) is 0 Å². The number of rotatable bonds is 4. The molecule has 0 bridgehead atoms. The van der Waals surface area contributed by atoms with Gasteiger partial charge in [0, 0.05) is 31.1 Å². The SMILES string of the molecule is CCNC(=NCC1(C)COC1)NC1CCCN(C(=O)OC(C)(C)C)C1.I. The van der Waals surface area contributed by atoms with Gasteiger partial charge < -0.3 is 25.0 Å². The number of halogens is 1. The Kier molecular flexibility index (Phi) is 8.92. The highest BCUT2D eigenvalue weighted by Gasteiger charge is 2.33. The maximum absolute atomic E-state index is 12.3. The summed E-state index contributed by atoms with van der Waals surface area (Å²) >= 11 is 0. The Labute approximate surface area is 174 Å². The van der Waals surface area contributed by atoms with Gasteiger partial charge in [-0.05, 0) is 40.5 Å². The van der Waals surface area contributed by atoms with Gasteiger partial charge in [-0.15, -0.1) is 24.0 Å². The van der Waals surface area contributed by atoms with Crippen LogP contribution in [-0.4, -0.2) is 68.0 Å². The smallest absolute Gasteiger partial charge is 0.410 e. The van der Waals surface area contributed by atoms with Gasteiger partial charge in [0.05, 0.1) is 19.8 Å². The number of amides is 1. The van der Waals surface area contributed by atoms with E-state index < -0.39 is 5.60 Å². The average Bonchev–Trinajstić information content (AvgIpc) is 2.49. The molecule has 2 aliphatic heterocycles. The summed E-state index contributed by atoms with van der Waals surface area (Å²) in [6.07, 6.45) is 1.74. The molecule has 2 saturated heterocycles. The Bertz CT molecular complexity index is 489. The third kappa shape index (κ3) is 7.46. The van der Waals surface area contributed by atoms with E-state index in [0.717, 1.165) is 51.6 Å². The van der Waals surface area contributed by atoms with Crippen molar-refractivity contribution in [3.05, 3.63) is 0 Å². The van der Waals surface area contributed by atoms with E-state index in [1.54, 1.807) is 4.90 Å². The van der Waals surface area contributed by atoms with Gasteiger partial charge in [0.25, 0.3) is 0 Å². The van der Waals surface area contributed by atoms with Crippen molar-refractivity contribution in [2.24, 2.45) is 10.4 Å². The van der Waals surface area contributed by atoms with Crippen molar-refractivity contribution in [1.82, 2.24) is 15.5 Å². The van der Waals surface area contributed by atoms with Gasteiger partial charge in [0.1, 0.15) is 5.60 Å². The van der Waals surface area contributed by atoms with Gasteiger partial charge in [-0.1, -0.05) is 6.92 Å². The van der Waals surface area contributed by atoms with E-state index in [0.29, 0.717) is 6.54 Å². The molecule has 2 N–H and O–H groups in total. The number of guanidine groups is 1. The van der Waals surface area contributed by atoms with Crippen molar-refractivity contribution in [1.29, 1.82) is 0 Å². The highest BCUT2D eigenvalue weighted by Crippen LogP contribution is 2.26. The van der Waals surface area contributed by atoms with Crippen LogP contribution in [0.25, 0.3) is 0 Å². The minimum absolute atomic E-state index is 0. The summed E-state index contributed by atoms with van der Waals surface area (Å²) in [6.45, 7) is 14.4. The number of aliphatic imine (C=N–C) groups is 1. The van der Waals surface area contributed by atoms with Crippen molar-refractivity contribution in [2.75, 3.05) is 39.4 Å². The zero-order valence-electron chi connectivity index (χ0n) is 16.8. The second-order valence-electron chi connectivity index (χ2n) is 8.41. The number of likely N-dealkylation sites (tertiary alicyclic amines) is 1. The van der Waals surface area contributed by atoms with Crippen LogP contribution in [0.15, 0.2) is 4.99 Å². The molecule has 0 aromatic rings. The van der Waals surface area contributed by atoms with Gasteiger partial charge in [0.15, 0.2) is 5.96 Å². The van der Waals surface area contributed by atoms with Crippen molar-refractivity contribution < 1.29 is 14.3 Å². The normalized spacial score (nSPS) is 22.7. The molecular formula is C18H35IN4O3. The fraction of sp³-hybridized carbons (Fsp3) is 0.889. The fourth-order valence-electron chi connectivity index (χ4n) is 2.91. The van der Waals surface area contributed by atoms with Crippen molar-refractivity contribution in [3.63, 3.8) is 0 Å². The number of hydrogen-bond donors (Lipinski definition) is 2. The van der Waals surface area contributed by atoms with E-state index in [1.165, 1.54) is 0 Å². The molecule has 1 unspecified atom stereocenters. The van der Waals surface area contributed by atoms with Crippen molar-refractivity contribution in [3.8, 4) is 0 Å². The van der Waals surface area contributed by atoms with Crippen LogP contribution < -0.4 is 10.6 Å². The monoisotopic (exact) mass is 482 g/mol. The Morgan fingerprint density at radius 3 is 2.62 bits per heavy atom. The number of carbonyl (C=O) groups is 1. The molecule has 0 spiro atoms. The van der Waals surface area contributed by atoms with E-state index in [1.807, 2.05) is 20.8 Å². The molecule has 0 radical (unpaired) electrons. The molecule has 0 aromatic carbocycles. The summed E-state index contributed by atoms with van der Waals surface area (Å²) in [5.74, 6) is 0.812. The van der Waals surface area contributed by atoms with Crippen LogP contribution in [0.5, 0.6) is 0 Å². The summed E-state index contributed by atoms with van der Waals surface area (Å²) in [6, 6.07) is 0.185. The van der Waals surface area contributed by atoms with E-state index in [-0.39, 0.29) is 41.5 Å². The minimum atomic E-state index is -0.464. The van der Waals surface area contributed by atoms with E-state index in [2.05, 4.69) is 24.5 Å².